The summed E-state index contributed by atoms with van der Waals surface area (Å²) in [6.45, 7) is 10.2. The third-order valence-electron chi connectivity index (χ3n) is 10.4. The summed E-state index contributed by atoms with van der Waals surface area (Å²) in [5, 5.41) is 14.4. The minimum absolute atomic E-state index is 0.0287. The summed E-state index contributed by atoms with van der Waals surface area (Å²) in [5.41, 5.74) is 2.08. The van der Waals surface area contributed by atoms with Crippen LogP contribution in [-0.4, -0.2) is 77.8 Å². The van der Waals surface area contributed by atoms with E-state index in [4.69, 9.17) is 4.98 Å². The van der Waals surface area contributed by atoms with Gasteiger partial charge in [0, 0.05) is 50.7 Å². The second-order valence-corrected chi connectivity index (χ2v) is 14.4. The predicted molar refractivity (Wildman–Crippen MR) is 164 cm³/mol. The number of piperazine rings is 1. The van der Waals surface area contributed by atoms with Gasteiger partial charge >= 0.3 is 6.03 Å². The van der Waals surface area contributed by atoms with Crippen molar-refractivity contribution >= 4 is 34.8 Å². The first kappa shape index (κ1) is 27.5. The summed E-state index contributed by atoms with van der Waals surface area (Å²) in [6.07, 6.45) is 6.77. The molecule has 2 aromatic rings. The number of benzene rings is 1. The third kappa shape index (κ3) is 4.89. The van der Waals surface area contributed by atoms with Gasteiger partial charge in [0.2, 0.25) is 5.91 Å². The average molecular weight is 573 g/mol. The molecule has 1 aromatic heterocycles. The Morgan fingerprint density at radius 2 is 1.60 bits per heavy atom. The first-order valence-corrected chi connectivity index (χ1v) is 15.8. The molecule has 8 rings (SSSR count). The van der Waals surface area contributed by atoms with E-state index in [0.29, 0.717) is 30.8 Å². The van der Waals surface area contributed by atoms with Crippen molar-refractivity contribution < 1.29 is 14.7 Å². The van der Waals surface area contributed by atoms with Gasteiger partial charge < -0.3 is 25.1 Å². The highest BCUT2D eigenvalue weighted by atomic mass is 16.3. The molecule has 4 bridgehead atoms. The van der Waals surface area contributed by atoms with Gasteiger partial charge in [-0.3, -0.25) is 9.69 Å². The summed E-state index contributed by atoms with van der Waals surface area (Å²) < 4.78 is 0. The topological polar surface area (TPSA) is 92.3 Å². The van der Waals surface area contributed by atoms with Crippen molar-refractivity contribution in [3.8, 4) is 0 Å². The van der Waals surface area contributed by atoms with Gasteiger partial charge in [0.25, 0.3) is 0 Å². The lowest BCUT2D eigenvalue weighted by atomic mass is 9.52. The molecule has 42 heavy (non-hydrogen) atoms. The lowest BCUT2D eigenvalue weighted by Crippen LogP contribution is -2.63. The number of carbonyl (C=O) groups excluding carboxylic acids is 2. The molecule has 6 aliphatic rings. The summed E-state index contributed by atoms with van der Waals surface area (Å²) in [4.78, 5) is 39.6. The number of fused-ring (bicyclic) bond motifs is 1. The van der Waals surface area contributed by atoms with Crippen molar-refractivity contribution in [2.75, 3.05) is 54.0 Å². The molecule has 0 radical (unpaired) electrons. The fourth-order valence-corrected chi connectivity index (χ4v) is 8.62. The first-order chi connectivity index (χ1) is 20.1. The molecule has 3 unspecified atom stereocenters. The van der Waals surface area contributed by atoms with Gasteiger partial charge in [-0.05, 0) is 74.1 Å². The van der Waals surface area contributed by atoms with E-state index in [-0.39, 0.29) is 23.4 Å². The minimum Gasteiger partial charge on any atom is -0.390 e. The number of rotatable bonds is 3. The highest BCUT2D eigenvalue weighted by molar-refractivity contribution is 5.98. The van der Waals surface area contributed by atoms with Gasteiger partial charge in [0.15, 0.2) is 0 Å². The quantitative estimate of drug-likeness (QED) is 0.567. The van der Waals surface area contributed by atoms with Crippen molar-refractivity contribution in [3.05, 3.63) is 42.6 Å². The van der Waals surface area contributed by atoms with Crippen LogP contribution in [0.2, 0.25) is 0 Å². The van der Waals surface area contributed by atoms with Gasteiger partial charge in [0.05, 0.1) is 28.9 Å². The number of anilines is 4. The number of nitrogens with one attached hydrogen (secondary N) is 1. The number of hydrogen-bond donors (Lipinski definition) is 2. The molecule has 0 spiro atoms. The minimum atomic E-state index is -0.502. The average Bonchev–Trinajstić information content (AvgIpc) is 2.97. The molecule has 4 aliphatic carbocycles. The molecule has 3 amide bonds. The Morgan fingerprint density at radius 3 is 2.21 bits per heavy atom. The molecule has 2 N–H and O–H groups in total. The molecular formula is C33H44N6O3. The number of nitrogens with zero attached hydrogens (tertiary/aromatic N) is 5. The maximum absolute atomic E-state index is 13.7. The van der Waals surface area contributed by atoms with Gasteiger partial charge in [-0.1, -0.05) is 32.9 Å². The Bertz CT molecular complexity index is 1330. The number of hydrogen-bond acceptors (Lipinski definition) is 6. The molecule has 1 aromatic carbocycles. The van der Waals surface area contributed by atoms with Crippen LogP contribution in [0.5, 0.6) is 0 Å². The van der Waals surface area contributed by atoms with E-state index >= 15 is 0 Å². The molecule has 4 saturated carbocycles. The summed E-state index contributed by atoms with van der Waals surface area (Å²) >= 11 is 0. The molecular weight excluding hydrogens is 528 g/mol. The molecule has 9 heteroatoms. The van der Waals surface area contributed by atoms with E-state index in [9.17, 15) is 14.7 Å². The highest BCUT2D eigenvalue weighted by Crippen LogP contribution is 2.55. The van der Waals surface area contributed by atoms with Gasteiger partial charge in [0.1, 0.15) is 5.82 Å². The van der Waals surface area contributed by atoms with Crippen LogP contribution in [0.15, 0.2) is 42.6 Å². The van der Waals surface area contributed by atoms with Crippen LogP contribution in [0.1, 0.15) is 52.9 Å². The largest absolute Gasteiger partial charge is 0.390 e. The van der Waals surface area contributed by atoms with Gasteiger partial charge in [-0.15, -0.1) is 0 Å². The number of aromatic nitrogens is 1. The number of urea groups is 1. The number of aliphatic hydroxyl groups is 1. The second kappa shape index (κ2) is 10.1. The molecule has 2 aliphatic heterocycles. The van der Waals surface area contributed by atoms with E-state index in [1.54, 1.807) is 0 Å². The van der Waals surface area contributed by atoms with E-state index in [1.807, 2.05) is 55.0 Å². The van der Waals surface area contributed by atoms with Crippen LogP contribution in [0.25, 0.3) is 0 Å². The zero-order chi connectivity index (χ0) is 29.2. The highest BCUT2D eigenvalue weighted by Gasteiger charge is 2.55. The Kier molecular flexibility index (Phi) is 6.64. The maximum Gasteiger partial charge on any atom is 0.322 e. The summed E-state index contributed by atoms with van der Waals surface area (Å²) in [5.74, 6) is 2.45. The van der Waals surface area contributed by atoms with Crippen molar-refractivity contribution in [2.24, 2.45) is 23.2 Å². The fourth-order valence-electron chi connectivity index (χ4n) is 8.62. The number of amides is 3. The summed E-state index contributed by atoms with van der Waals surface area (Å²) in [6, 6.07) is 12.4. The lowest BCUT2D eigenvalue weighted by molar-refractivity contribution is -0.139. The Hall–Kier alpha value is -3.33. The predicted octanol–water partition coefficient (Wildman–Crippen LogP) is 4.38. The number of carbonyl (C=O) groups is 2. The van der Waals surface area contributed by atoms with Gasteiger partial charge in [-0.25, -0.2) is 9.78 Å². The van der Waals surface area contributed by atoms with Crippen molar-refractivity contribution in [1.82, 2.24) is 15.2 Å². The van der Waals surface area contributed by atoms with Crippen molar-refractivity contribution in [2.45, 2.75) is 64.5 Å². The molecule has 3 heterocycles. The number of para-hydroxylation sites is 2. The van der Waals surface area contributed by atoms with Crippen LogP contribution in [0, 0.1) is 23.2 Å². The van der Waals surface area contributed by atoms with E-state index in [2.05, 4.69) is 33.3 Å². The molecule has 1 saturated heterocycles. The van der Waals surface area contributed by atoms with Crippen LogP contribution < -0.4 is 20.0 Å². The zero-order valence-corrected chi connectivity index (χ0v) is 25.1. The van der Waals surface area contributed by atoms with Crippen molar-refractivity contribution in [3.63, 3.8) is 0 Å². The lowest BCUT2D eigenvalue weighted by Gasteiger charge is -2.58. The van der Waals surface area contributed by atoms with E-state index < -0.39 is 5.60 Å². The third-order valence-corrected chi connectivity index (χ3v) is 10.4. The van der Waals surface area contributed by atoms with E-state index in [1.165, 1.54) is 0 Å². The van der Waals surface area contributed by atoms with Crippen LogP contribution in [0.4, 0.5) is 27.7 Å². The fraction of sp³-hybridized carbons (Fsp3) is 0.606. The Balaban J connectivity index is 1.02. The Labute approximate surface area is 248 Å². The smallest absolute Gasteiger partial charge is 0.322 e. The molecule has 9 nitrogen and oxygen atoms in total. The van der Waals surface area contributed by atoms with E-state index in [0.717, 1.165) is 81.2 Å². The SMILES string of the molecule is CC(C)(C)C(=O)N1CCN(c2ccc(N3CCN(C(=O)NC4[C@@H]5CC6C[C@H]4CC(O)(C6)C5)c4ccccc43)nc2)CC1. The van der Waals surface area contributed by atoms with Crippen molar-refractivity contribution in [1.29, 1.82) is 0 Å². The molecule has 5 fully saturated rings. The number of pyridine rings is 1. The Morgan fingerprint density at radius 1 is 0.905 bits per heavy atom. The zero-order valence-electron chi connectivity index (χ0n) is 25.1. The molecule has 5 atom stereocenters. The second-order valence-electron chi connectivity index (χ2n) is 14.4. The maximum atomic E-state index is 13.7. The van der Waals surface area contributed by atoms with Crippen LogP contribution in [0.3, 0.4) is 0 Å². The van der Waals surface area contributed by atoms with Gasteiger partial charge in [-0.2, -0.15) is 0 Å². The van der Waals surface area contributed by atoms with Crippen LogP contribution >= 0.6 is 0 Å². The van der Waals surface area contributed by atoms with Crippen LogP contribution in [-0.2, 0) is 4.79 Å². The summed E-state index contributed by atoms with van der Waals surface area (Å²) in [7, 11) is 0. The molecule has 224 valence electrons. The normalized spacial score (nSPS) is 30.4. The first-order valence-electron chi connectivity index (χ1n) is 15.8. The monoisotopic (exact) mass is 572 g/mol. The standard InChI is InChI=1S/C33H44N6O3/c1-32(2,3)30(40)37-12-10-36(11-13-37)25-8-9-28(34-21-25)38-14-15-39(27-7-5-4-6-26(27)38)31(41)35-29-23-16-22-17-24(29)20-33(42,18-22)19-23/h4-9,21-24,29,42H,10-20H2,1-3H3,(H,35,41)/t22?,23-,24+,29?,33?.